The van der Waals surface area contributed by atoms with E-state index in [0.29, 0.717) is 52.1 Å². The van der Waals surface area contributed by atoms with Crippen molar-refractivity contribution in [3.05, 3.63) is 34.3 Å². The van der Waals surface area contributed by atoms with Gasteiger partial charge in [0.25, 0.3) is 0 Å². The second kappa shape index (κ2) is 14.8. The van der Waals surface area contributed by atoms with Gasteiger partial charge in [0.2, 0.25) is 0 Å². The van der Waals surface area contributed by atoms with Gasteiger partial charge in [-0.15, -0.1) is 0 Å². The van der Waals surface area contributed by atoms with Crippen LogP contribution >= 0.6 is 11.6 Å². The Hall–Kier alpha value is -0.296. The van der Waals surface area contributed by atoms with Crippen LogP contribution in [0.15, 0.2) is 18.2 Å². The van der Waals surface area contributed by atoms with Crippen molar-refractivity contribution in [1.29, 1.82) is 0 Å². The third-order valence-electron chi connectivity index (χ3n) is 4.90. The largest absolute Gasteiger partial charge is 0.504 e. The number of aryl methyl sites for hydroxylation is 1. The van der Waals surface area contributed by atoms with Gasteiger partial charge in [0, 0.05) is 56.2 Å². The zero-order chi connectivity index (χ0) is 23.3. The first kappa shape index (κ1) is 28.7. The number of benzene rings is 1. The van der Waals surface area contributed by atoms with Crippen molar-refractivity contribution >= 4 is 29.2 Å². The molecule has 31 heavy (non-hydrogen) atoms. The summed E-state index contributed by atoms with van der Waals surface area (Å²) in [5.74, 6) is 0. The minimum atomic E-state index is -3.08. The lowest BCUT2D eigenvalue weighted by Gasteiger charge is -2.39. The molecule has 9 heteroatoms. The lowest BCUT2D eigenvalue weighted by molar-refractivity contribution is 0.0485. The molecule has 0 aliphatic carbocycles. The number of hydrogen-bond acceptors (Lipinski definition) is 6. The smallest absolute Gasteiger partial charge is 0.374 e. The highest BCUT2D eigenvalue weighted by Gasteiger charge is 2.55. The van der Waals surface area contributed by atoms with Crippen LogP contribution in [0, 0.1) is 6.92 Å². The highest BCUT2D eigenvalue weighted by atomic mass is 35.5. The maximum Gasteiger partial charge on any atom is 0.504 e. The average molecular weight is 493 g/mol. The first-order valence-corrected chi connectivity index (χ1v) is 15.6. The highest BCUT2D eigenvalue weighted by molar-refractivity contribution is 6.68. The van der Waals surface area contributed by atoms with Crippen LogP contribution in [0.3, 0.4) is 0 Å². The van der Waals surface area contributed by atoms with Gasteiger partial charge in [0.1, 0.15) is 0 Å². The summed E-state index contributed by atoms with van der Waals surface area (Å²) < 4.78 is 37.5. The Morgan fingerprint density at radius 2 is 1.19 bits per heavy atom. The van der Waals surface area contributed by atoms with Crippen molar-refractivity contribution < 1.29 is 26.6 Å². The zero-order valence-corrected chi connectivity index (χ0v) is 23.0. The molecular formula is C22H41ClO6Si2. The minimum Gasteiger partial charge on any atom is -0.374 e. The predicted octanol–water partition coefficient (Wildman–Crippen LogP) is 5.66. The van der Waals surface area contributed by atoms with Crippen molar-refractivity contribution in [2.24, 2.45) is 0 Å². The Kier molecular flexibility index (Phi) is 13.7. The van der Waals surface area contributed by atoms with E-state index in [9.17, 15) is 0 Å². The van der Waals surface area contributed by atoms with Crippen LogP contribution in [-0.4, -0.2) is 57.3 Å². The van der Waals surface area contributed by atoms with E-state index in [2.05, 4.69) is 13.0 Å². The highest BCUT2D eigenvalue weighted by Crippen LogP contribution is 2.39. The standard InChI is InChI=1S/C22H41ClO6Si2/c1-8-24-30(25-9-2,26-10-3)18-22(17-20-14-15-21(23)16-19(20)7)31(27-11-4,28-12-5)29-13-6/h14-16,22H,8-13,17-18H2,1-7H3. The monoisotopic (exact) mass is 492 g/mol. The van der Waals surface area contributed by atoms with E-state index in [0.717, 1.165) is 10.6 Å². The van der Waals surface area contributed by atoms with Crippen LogP contribution in [0.25, 0.3) is 0 Å². The summed E-state index contributed by atoms with van der Waals surface area (Å²) in [6.07, 6.45) is 0.706. The Labute approximate surface area is 196 Å². The summed E-state index contributed by atoms with van der Waals surface area (Å²) in [6.45, 7) is 17.0. The van der Waals surface area contributed by atoms with Gasteiger partial charge in [0.15, 0.2) is 0 Å². The second-order valence-electron chi connectivity index (χ2n) is 7.06. The zero-order valence-electron chi connectivity index (χ0n) is 20.3. The second-order valence-corrected chi connectivity index (χ2v) is 13.0. The third kappa shape index (κ3) is 8.53. The van der Waals surface area contributed by atoms with Gasteiger partial charge in [-0.05, 0) is 78.1 Å². The quantitative estimate of drug-likeness (QED) is 0.261. The van der Waals surface area contributed by atoms with Crippen molar-refractivity contribution in [3.8, 4) is 0 Å². The van der Waals surface area contributed by atoms with E-state index in [-0.39, 0.29) is 5.54 Å². The summed E-state index contributed by atoms with van der Waals surface area (Å²) in [7, 11) is -6.05. The van der Waals surface area contributed by atoms with Gasteiger partial charge in [-0.25, -0.2) is 0 Å². The lowest BCUT2D eigenvalue weighted by atomic mass is 10.0. The van der Waals surface area contributed by atoms with Gasteiger partial charge in [0.05, 0.1) is 0 Å². The maximum absolute atomic E-state index is 6.31. The molecule has 0 amide bonds. The van der Waals surface area contributed by atoms with Gasteiger partial charge in [-0.3, -0.25) is 0 Å². The fourth-order valence-electron chi connectivity index (χ4n) is 3.82. The Bertz CT molecular complexity index is 600. The fourth-order valence-corrected chi connectivity index (χ4v) is 11.1. The predicted molar refractivity (Wildman–Crippen MR) is 130 cm³/mol. The minimum absolute atomic E-state index is 0.0801. The third-order valence-corrected chi connectivity index (χ3v) is 12.2. The van der Waals surface area contributed by atoms with Crippen LogP contribution in [0.1, 0.15) is 52.7 Å². The van der Waals surface area contributed by atoms with Gasteiger partial charge < -0.3 is 26.6 Å². The number of hydrogen-bond donors (Lipinski definition) is 0. The molecule has 0 aliphatic rings. The van der Waals surface area contributed by atoms with Crippen molar-refractivity contribution in [2.75, 3.05) is 39.6 Å². The van der Waals surface area contributed by atoms with E-state index in [4.69, 9.17) is 38.2 Å². The molecule has 0 fully saturated rings. The van der Waals surface area contributed by atoms with Crippen molar-refractivity contribution in [1.82, 2.24) is 0 Å². The summed E-state index contributed by atoms with van der Waals surface area (Å²) in [5, 5.41) is 0.724. The molecule has 0 heterocycles. The van der Waals surface area contributed by atoms with Crippen LogP contribution in [-0.2, 0) is 33.0 Å². The van der Waals surface area contributed by atoms with E-state index in [1.54, 1.807) is 0 Å². The molecule has 0 aromatic heterocycles. The van der Waals surface area contributed by atoms with Crippen LogP contribution in [0.2, 0.25) is 16.6 Å². The van der Waals surface area contributed by atoms with Crippen LogP contribution in [0.5, 0.6) is 0 Å². The van der Waals surface area contributed by atoms with Gasteiger partial charge in [-0.1, -0.05) is 17.7 Å². The molecule has 1 aromatic rings. The Morgan fingerprint density at radius 3 is 1.58 bits per heavy atom. The van der Waals surface area contributed by atoms with Crippen LogP contribution in [0.4, 0.5) is 0 Å². The molecule has 0 radical (unpaired) electrons. The topological polar surface area (TPSA) is 55.4 Å². The average Bonchev–Trinajstić information content (AvgIpc) is 2.70. The molecule has 0 bridgehead atoms. The first-order chi connectivity index (χ1) is 14.9. The molecule has 0 saturated heterocycles. The van der Waals surface area contributed by atoms with Gasteiger partial charge in [-0.2, -0.15) is 0 Å². The Balaban J connectivity index is 3.50. The molecule has 1 rings (SSSR count). The molecule has 0 aliphatic heterocycles. The molecule has 0 N–H and O–H groups in total. The summed E-state index contributed by atoms with van der Waals surface area (Å²) in [4.78, 5) is 0. The normalized spacial score (nSPS) is 13.5. The SMILES string of the molecule is CCO[Si](CC(Cc1ccc(Cl)cc1C)[Si](OCC)(OCC)OCC)(OCC)OCC. The molecule has 1 aromatic carbocycles. The summed E-state index contributed by atoms with van der Waals surface area (Å²) >= 11 is 6.20. The Morgan fingerprint density at radius 1 is 0.742 bits per heavy atom. The van der Waals surface area contributed by atoms with E-state index in [1.807, 2.05) is 53.7 Å². The molecular weight excluding hydrogens is 452 g/mol. The molecule has 1 unspecified atom stereocenters. The van der Waals surface area contributed by atoms with E-state index >= 15 is 0 Å². The van der Waals surface area contributed by atoms with Crippen LogP contribution < -0.4 is 0 Å². The fraction of sp³-hybridized carbons (Fsp3) is 0.727. The summed E-state index contributed by atoms with van der Waals surface area (Å²) in [6, 6.07) is 6.54. The maximum atomic E-state index is 6.31. The molecule has 0 spiro atoms. The van der Waals surface area contributed by atoms with E-state index in [1.165, 1.54) is 5.56 Å². The molecule has 0 saturated carbocycles. The summed E-state index contributed by atoms with van der Waals surface area (Å²) in [5.41, 5.74) is 2.22. The number of rotatable bonds is 17. The van der Waals surface area contributed by atoms with Gasteiger partial charge >= 0.3 is 17.6 Å². The van der Waals surface area contributed by atoms with Crippen molar-refractivity contribution in [3.63, 3.8) is 0 Å². The molecule has 1 atom stereocenters. The lowest BCUT2D eigenvalue weighted by Crippen LogP contribution is -2.56. The van der Waals surface area contributed by atoms with Crippen molar-refractivity contribution in [2.45, 2.75) is 66.5 Å². The molecule has 180 valence electrons. The molecule has 6 nitrogen and oxygen atoms in total. The van der Waals surface area contributed by atoms with E-state index < -0.39 is 17.6 Å². The number of halogens is 1. The first-order valence-electron chi connectivity index (χ1n) is 11.4.